The zero-order valence-corrected chi connectivity index (χ0v) is 13.1. The molecule has 2 heteroatoms. The standard InChI is InChI=1S/C17H28N2/c1-12(2)18-10-16-6-7-19(11-16)17-14(4)8-13(3)9-15(17)5/h8-9,12,16,18H,6-7,10-11H2,1-5H3. The number of benzene rings is 1. The Morgan fingerprint density at radius 2 is 1.84 bits per heavy atom. The van der Waals surface area contributed by atoms with Crippen molar-refractivity contribution in [1.29, 1.82) is 0 Å². The molecule has 2 nitrogen and oxygen atoms in total. The van der Waals surface area contributed by atoms with E-state index in [0.717, 1.165) is 12.5 Å². The molecule has 0 radical (unpaired) electrons. The molecule has 0 amide bonds. The van der Waals surface area contributed by atoms with Gasteiger partial charge in [0.15, 0.2) is 0 Å². The number of nitrogens with zero attached hydrogens (tertiary/aromatic N) is 1. The summed E-state index contributed by atoms with van der Waals surface area (Å²) < 4.78 is 0. The predicted octanol–water partition coefficient (Wildman–Crippen LogP) is 3.44. The Bertz CT molecular complexity index is 414. The fourth-order valence-electron chi connectivity index (χ4n) is 3.28. The van der Waals surface area contributed by atoms with Gasteiger partial charge in [-0.2, -0.15) is 0 Å². The molecule has 1 aliphatic rings. The van der Waals surface area contributed by atoms with Crippen molar-refractivity contribution in [2.75, 3.05) is 24.5 Å². The molecule has 1 N–H and O–H groups in total. The van der Waals surface area contributed by atoms with Gasteiger partial charge in [0.25, 0.3) is 0 Å². The van der Waals surface area contributed by atoms with E-state index in [9.17, 15) is 0 Å². The maximum absolute atomic E-state index is 3.57. The van der Waals surface area contributed by atoms with Crippen molar-refractivity contribution < 1.29 is 0 Å². The molecule has 1 aliphatic heterocycles. The van der Waals surface area contributed by atoms with Gasteiger partial charge in [0.05, 0.1) is 0 Å². The summed E-state index contributed by atoms with van der Waals surface area (Å²) in [5, 5.41) is 3.57. The number of hydrogen-bond donors (Lipinski definition) is 1. The van der Waals surface area contributed by atoms with Crippen LogP contribution in [0.1, 0.15) is 37.0 Å². The van der Waals surface area contributed by atoms with Crippen molar-refractivity contribution in [2.24, 2.45) is 5.92 Å². The van der Waals surface area contributed by atoms with Gasteiger partial charge < -0.3 is 10.2 Å². The van der Waals surface area contributed by atoms with Crippen LogP contribution in [0.2, 0.25) is 0 Å². The molecule has 2 rings (SSSR count). The SMILES string of the molecule is Cc1cc(C)c(N2CCC(CNC(C)C)C2)c(C)c1. The Labute approximate surface area is 118 Å². The van der Waals surface area contributed by atoms with E-state index in [2.05, 4.69) is 57.0 Å². The van der Waals surface area contributed by atoms with Gasteiger partial charge in [0.1, 0.15) is 0 Å². The minimum atomic E-state index is 0.594. The van der Waals surface area contributed by atoms with E-state index in [1.165, 1.54) is 41.9 Å². The Balaban J connectivity index is 2.05. The lowest BCUT2D eigenvalue weighted by molar-refractivity contribution is 0.480. The molecule has 0 aliphatic carbocycles. The van der Waals surface area contributed by atoms with Gasteiger partial charge in [0.2, 0.25) is 0 Å². The average molecular weight is 260 g/mol. The fraction of sp³-hybridized carbons (Fsp3) is 0.647. The quantitative estimate of drug-likeness (QED) is 0.892. The first-order valence-corrected chi connectivity index (χ1v) is 7.53. The molecule has 1 aromatic carbocycles. The van der Waals surface area contributed by atoms with E-state index in [1.807, 2.05) is 0 Å². The molecular formula is C17H28N2. The Morgan fingerprint density at radius 1 is 1.21 bits per heavy atom. The molecule has 1 aromatic rings. The van der Waals surface area contributed by atoms with E-state index in [4.69, 9.17) is 0 Å². The van der Waals surface area contributed by atoms with Gasteiger partial charge in [-0.1, -0.05) is 31.5 Å². The number of anilines is 1. The van der Waals surface area contributed by atoms with Crippen LogP contribution in [0.3, 0.4) is 0 Å². The summed E-state index contributed by atoms with van der Waals surface area (Å²) in [5.41, 5.74) is 5.69. The summed E-state index contributed by atoms with van der Waals surface area (Å²) in [5.74, 6) is 0.794. The highest BCUT2D eigenvalue weighted by molar-refractivity contribution is 5.60. The molecule has 0 aromatic heterocycles. The number of aryl methyl sites for hydroxylation is 3. The first-order chi connectivity index (χ1) is 8.97. The van der Waals surface area contributed by atoms with Crippen molar-refractivity contribution in [3.63, 3.8) is 0 Å². The van der Waals surface area contributed by atoms with E-state index in [-0.39, 0.29) is 0 Å². The summed E-state index contributed by atoms with van der Waals surface area (Å²) in [6, 6.07) is 5.21. The van der Waals surface area contributed by atoms with Crippen molar-refractivity contribution in [2.45, 2.75) is 47.1 Å². The molecule has 1 atom stereocenters. The average Bonchev–Trinajstić information content (AvgIpc) is 2.73. The smallest absolute Gasteiger partial charge is 0.0425 e. The molecule has 0 bridgehead atoms. The molecule has 1 heterocycles. The van der Waals surface area contributed by atoms with Crippen molar-refractivity contribution in [1.82, 2.24) is 5.32 Å². The zero-order chi connectivity index (χ0) is 14.0. The molecule has 1 unspecified atom stereocenters. The highest BCUT2D eigenvalue weighted by Gasteiger charge is 2.24. The lowest BCUT2D eigenvalue weighted by Gasteiger charge is -2.24. The minimum absolute atomic E-state index is 0.594. The van der Waals surface area contributed by atoms with Crippen molar-refractivity contribution >= 4 is 5.69 Å². The minimum Gasteiger partial charge on any atom is -0.371 e. The third-order valence-electron chi connectivity index (χ3n) is 4.05. The Kier molecular flexibility index (Phi) is 4.51. The second-order valence-corrected chi connectivity index (χ2v) is 6.41. The third-order valence-corrected chi connectivity index (χ3v) is 4.05. The summed E-state index contributed by atoms with van der Waals surface area (Å²) in [7, 11) is 0. The second kappa shape index (κ2) is 5.96. The molecular weight excluding hydrogens is 232 g/mol. The lowest BCUT2D eigenvalue weighted by atomic mass is 10.0. The molecule has 0 saturated carbocycles. The summed E-state index contributed by atoms with van der Waals surface area (Å²) in [6.45, 7) is 14.7. The van der Waals surface area contributed by atoms with Crippen molar-refractivity contribution in [3.05, 3.63) is 28.8 Å². The monoisotopic (exact) mass is 260 g/mol. The largest absolute Gasteiger partial charge is 0.371 e. The van der Waals surface area contributed by atoms with Gasteiger partial charge in [-0.05, 0) is 50.8 Å². The maximum atomic E-state index is 3.57. The van der Waals surface area contributed by atoms with Crippen LogP contribution in [0.15, 0.2) is 12.1 Å². The molecule has 1 fully saturated rings. The van der Waals surface area contributed by atoms with Crippen LogP contribution in [-0.2, 0) is 0 Å². The van der Waals surface area contributed by atoms with Gasteiger partial charge in [0, 0.05) is 24.8 Å². The van der Waals surface area contributed by atoms with E-state index in [0.29, 0.717) is 6.04 Å². The van der Waals surface area contributed by atoms with Crippen LogP contribution in [0, 0.1) is 26.7 Å². The van der Waals surface area contributed by atoms with Crippen LogP contribution in [-0.4, -0.2) is 25.7 Å². The summed E-state index contributed by atoms with van der Waals surface area (Å²) in [6.07, 6.45) is 1.31. The number of nitrogens with one attached hydrogen (secondary N) is 1. The Morgan fingerprint density at radius 3 is 2.42 bits per heavy atom. The normalized spacial score (nSPS) is 19.5. The van der Waals surface area contributed by atoms with Crippen LogP contribution >= 0.6 is 0 Å². The summed E-state index contributed by atoms with van der Waals surface area (Å²) >= 11 is 0. The summed E-state index contributed by atoms with van der Waals surface area (Å²) in [4.78, 5) is 2.58. The lowest BCUT2D eigenvalue weighted by Crippen LogP contribution is -2.31. The fourth-order valence-corrected chi connectivity index (χ4v) is 3.28. The number of rotatable bonds is 4. The maximum Gasteiger partial charge on any atom is 0.0425 e. The van der Waals surface area contributed by atoms with Crippen LogP contribution < -0.4 is 10.2 Å². The van der Waals surface area contributed by atoms with Gasteiger partial charge in [-0.15, -0.1) is 0 Å². The molecule has 19 heavy (non-hydrogen) atoms. The van der Waals surface area contributed by atoms with E-state index < -0.39 is 0 Å². The van der Waals surface area contributed by atoms with Gasteiger partial charge >= 0.3 is 0 Å². The van der Waals surface area contributed by atoms with Gasteiger partial charge in [-0.3, -0.25) is 0 Å². The third kappa shape index (κ3) is 3.50. The number of hydrogen-bond acceptors (Lipinski definition) is 2. The molecule has 0 spiro atoms. The molecule has 1 saturated heterocycles. The second-order valence-electron chi connectivity index (χ2n) is 6.41. The van der Waals surface area contributed by atoms with E-state index >= 15 is 0 Å². The highest BCUT2D eigenvalue weighted by atomic mass is 15.2. The zero-order valence-electron chi connectivity index (χ0n) is 13.1. The molecule has 106 valence electrons. The first-order valence-electron chi connectivity index (χ1n) is 7.53. The van der Waals surface area contributed by atoms with Crippen LogP contribution in [0.25, 0.3) is 0 Å². The topological polar surface area (TPSA) is 15.3 Å². The van der Waals surface area contributed by atoms with Crippen LogP contribution in [0.5, 0.6) is 0 Å². The first kappa shape index (κ1) is 14.4. The van der Waals surface area contributed by atoms with E-state index in [1.54, 1.807) is 0 Å². The predicted molar refractivity (Wildman–Crippen MR) is 84.1 cm³/mol. The Hall–Kier alpha value is -1.02. The van der Waals surface area contributed by atoms with Crippen molar-refractivity contribution in [3.8, 4) is 0 Å². The highest BCUT2D eigenvalue weighted by Crippen LogP contribution is 2.30. The van der Waals surface area contributed by atoms with Crippen LogP contribution in [0.4, 0.5) is 5.69 Å². The van der Waals surface area contributed by atoms with Gasteiger partial charge in [-0.25, -0.2) is 0 Å².